The topological polar surface area (TPSA) is 50.8 Å². The van der Waals surface area contributed by atoms with Gasteiger partial charge in [-0.05, 0) is 44.7 Å². The molecule has 158 valence electrons. The maximum atomic E-state index is 12.8. The van der Waals surface area contributed by atoms with Gasteiger partial charge in [-0.3, -0.25) is 9.69 Å². The third kappa shape index (κ3) is 6.98. The van der Waals surface area contributed by atoms with Crippen LogP contribution in [0, 0.1) is 0 Å². The highest BCUT2D eigenvalue weighted by Gasteiger charge is 2.30. The second-order valence-corrected chi connectivity index (χ2v) is 6.45. The Hall–Kier alpha value is -2.74. The first-order valence-electron chi connectivity index (χ1n) is 9.27. The summed E-state index contributed by atoms with van der Waals surface area (Å²) in [6.45, 7) is 4.90. The molecule has 2 aromatic carbocycles. The summed E-state index contributed by atoms with van der Waals surface area (Å²) in [5.74, 6) is 0.838. The van der Waals surface area contributed by atoms with Crippen molar-refractivity contribution >= 4 is 11.6 Å². The van der Waals surface area contributed by atoms with Crippen molar-refractivity contribution in [2.45, 2.75) is 26.6 Å². The number of amides is 1. The largest absolute Gasteiger partial charge is 0.490 e. The Morgan fingerprint density at radius 1 is 1.03 bits per heavy atom. The Labute approximate surface area is 168 Å². The average Bonchev–Trinajstić information content (AvgIpc) is 2.63. The van der Waals surface area contributed by atoms with E-state index in [1.807, 2.05) is 13.8 Å². The van der Waals surface area contributed by atoms with Crippen LogP contribution in [0.25, 0.3) is 0 Å². The van der Waals surface area contributed by atoms with Crippen LogP contribution in [0.3, 0.4) is 0 Å². The summed E-state index contributed by atoms with van der Waals surface area (Å²) in [5, 5.41) is 2.77. The molecule has 5 nitrogen and oxygen atoms in total. The van der Waals surface area contributed by atoms with Crippen molar-refractivity contribution in [1.29, 1.82) is 0 Å². The highest BCUT2D eigenvalue weighted by atomic mass is 19.4. The molecule has 0 atom stereocenters. The maximum Gasteiger partial charge on any atom is 0.416 e. The molecule has 0 aliphatic rings. The van der Waals surface area contributed by atoms with Crippen LogP contribution in [-0.4, -0.2) is 37.6 Å². The number of nitrogens with one attached hydrogen (secondary N) is 1. The fraction of sp³-hybridized carbons (Fsp3) is 0.381. The second kappa shape index (κ2) is 10.2. The SMILES string of the molecule is CCOc1ccc(NC(=O)CN(C)Cc2cccc(C(F)(F)F)c2)cc1OCC. The van der Waals surface area contributed by atoms with Gasteiger partial charge < -0.3 is 14.8 Å². The summed E-state index contributed by atoms with van der Waals surface area (Å²) in [7, 11) is 1.67. The first-order chi connectivity index (χ1) is 13.7. The lowest BCUT2D eigenvalue weighted by Gasteiger charge is -2.18. The van der Waals surface area contributed by atoms with Crippen molar-refractivity contribution < 1.29 is 27.4 Å². The van der Waals surface area contributed by atoms with Crippen LogP contribution in [0.2, 0.25) is 0 Å². The van der Waals surface area contributed by atoms with Crippen LogP contribution in [0.15, 0.2) is 42.5 Å². The number of rotatable bonds is 9. The maximum absolute atomic E-state index is 12.8. The number of ether oxygens (including phenoxy) is 2. The molecule has 1 N–H and O–H groups in total. The number of halogens is 3. The molecule has 0 unspecified atom stereocenters. The molecule has 2 aromatic rings. The zero-order valence-corrected chi connectivity index (χ0v) is 16.7. The number of nitrogens with zero attached hydrogens (tertiary/aromatic N) is 1. The number of carbonyl (C=O) groups excluding carboxylic acids is 1. The van der Waals surface area contributed by atoms with E-state index >= 15 is 0 Å². The minimum absolute atomic E-state index is 0.0213. The number of hydrogen-bond donors (Lipinski definition) is 1. The van der Waals surface area contributed by atoms with Gasteiger partial charge in [-0.2, -0.15) is 13.2 Å². The first-order valence-corrected chi connectivity index (χ1v) is 9.27. The lowest BCUT2D eigenvalue weighted by Crippen LogP contribution is -2.29. The Kier molecular flexibility index (Phi) is 7.90. The van der Waals surface area contributed by atoms with Crippen molar-refractivity contribution in [3.63, 3.8) is 0 Å². The van der Waals surface area contributed by atoms with Gasteiger partial charge in [-0.25, -0.2) is 0 Å². The van der Waals surface area contributed by atoms with Gasteiger partial charge in [0, 0.05) is 18.3 Å². The van der Waals surface area contributed by atoms with Gasteiger partial charge in [0.25, 0.3) is 0 Å². The van der Waals surface area contributed by atoms with Crippen LogP contribution >= 0.6 is 0 Å². The van der Waals surface area contributed by atoms with E-state index in [-0.39, 0.29) is 19.0 Å². The zero-order valence-electron chi connectivity index (χ0n) is 16.7. The molecule has 0 radical (unpaired) electrons. The predicted molar refractivity (Wildman–Crippen MR) is 105 cm³/mol. The quantitative estimate of drug-likeness (QED) is 0.658. The van der Waals surface area contributed by atoms with Gasteiger partial charge in [-0.15, -0.1) is 0 Å². The molecule has 1 amide bonds. The highest BCUT2D eigenvalue weighted by Crippen LogP contribution is 2.31. The molecular weight excluding hydrogens is 385 g/mol. The van der Waals surface area contributed by atoms with Crippen molar-refractivity contribution in [2.75, 3.05) is 32.1 Å². The van der Waals surface area contributed by atoms with E-state index in [1.54, 1.807) is 36.2 Å². The number of benzene rings is 2. The van der Waals surface area contributed by atoms with E-state index in [1.165, 1.54) is 6.07 Å². The molecule has 0 saturated carbocycles. The van der Waals surface area contributed by atoms with Crippen LogP contribution in [0.4, 0.5) is 18.9 Å². The van der Waals surface area contributed by atoms with E-state index in [0.29, 0.717) is 36.0 Å². The van der Waals surface area contributed by atoms with Crippen molar-refractivity contribution in [3.05, 3.63) is 53.6 Å². The molecule has 0 heterocycles. The normalized spacial score (nSPS) is 11.4. The zero-order chi connectivity index (χ0) is 21.4. The van der Waals surface area contributed by atoms with Crippen LogP contribution < -0.4 is 14.8 Å². The molecule has 0 aliphatic carbocycles. The van der Waals surface area contributed by atoms with E-state index in [2.05, 4.69) is 5.32 Å². The van der Waals surface area contributed by atoms with Crippen molar-refractivity contribution in [3.8, 4) is 11.5 Å². The summed E-state index contributed by atoms with van der Waals surface area (Å²) in [5.41, 5.74) is 0.329. The molecule has 0 bridgehead atoms. The average molecular weight is 410 g/mol. The Bertz CT molecular complexity index is 825. The summed E-state index contributed by atoms with van der Waals surface area (Å²) >= 11 is 0. The molecule has 0 saturated heterocycles. The Morgan fingerprint density at radius 2 is 1.72 bits per heavy atom. The summed E-state index contributed by atoms with van der Waals surface area (Å²) < 4.78 is 49.5. The smallest absolute Gasteiger partial charge is 0.416 e. The van der Waals surface area contributed by atoms with Gasteiger partial charge in [0.05, 0.1) is 25.3 Å². The van der Waals surface area contributed by atoms with E-state index < -0.39 is 11.7 Å². The fourth-order valence-corrected chi connectivity index (χ4v) is 2.79. The Balaban J connectivity index is 1.97. The minimum Gasteiger partial charge on any atom is -0.490 e. The lowest BCUT2D eigenvalue weighted by molar-refractivity contribution is -0.137. The lowest BCUT2D eigenvalue weighted by atomic mass is 10.1. The van der Waals surface area contributed by atoms with Crippen LogP contribution in [0.5, 0.6) is 11.5 Å². The molecule has 0 fully saturated rings. The molecular formula is C21H25F3N2O3. The number of alkyl halides is 3. The monoisotopic (exact) mass is 410 g/mol. The minimum atomic E-state index is -4.39. The summed E-state index contributed by atoms with van der Waals surface area (Å²) in [4.78, 5) is 14.0. The van der Waals surface area contributed by atoms with Gasteiger partial charge in [0.2, 0.25) is 5.91 Å². The fourth-order valence-electron chi connectivity index (χ4n) is 2.79. The summed E-state index contributed by atoms with van der Waals surface area (Å²) in [6.07, 6.45) is -4.39. The third-order valence-corrected chi connectivity index (χ3v) is 3.95. The first kappa shape index (κ1) is 22.5. The van der Waals surface area contributed by atoms with E-state index in [4.69, 9.17) is 9.47 Å². The van der Waals surface area contributed by atoms with E-state index in [0.717, 1.165) is 12.1 Å². The highest BCUT2D eigenvalue weighted by molar-refractivity contribution is 5.92. The molecule has 0 aromatic heterocycles. The van der Waals surface area contributed by atoms with Gasteiger partial charge in [0.15, 0.2) is 11.5 Å². The van der Waals surface area contributed by atoms with Crippen molar-refractivity contribution in [1.82, 2.24) is 4.90 Å². The predicted octanol–water partition coefficient (Wildman–Crippen LogP) is 4.57. The molecule has 29 heavy (non-hydrogen) atoms. The molecule has 0 spiro atoms. The van der Waals surface area contributed by atoms with Crippen LogP contribution in [-0.2, 0) is 17.5 Å². The second-order valence-electron chi connectivity index (χ2n) is 6.45. The van der Waals surface area contributed by atoms with Gasteiger partial charge in [0.1, 0.15) is 0 Å². The number of hydrogen-bond acceptors (Lipinski definition) is 4. The number of anilines is 1. The molecule has 0 aliphatic heterocycles. The number of likely N-dealkylation sites (N-methyl/N-ethyl adjacent to an activating group) is 1. The third-order valence-electron chi connectivity index (χ3n) is 3.95. The van der Waals surface area contributed by atoms with Gasteiger partial charge >= 0.3 is 6.18 Å². The summed E-state index contributed by atoms with van der Waals surface area (Å²) in [6, 6.07) is 10.2. The van der Waals surface area contributed by atoms with E-state index in [9.17, 15) is 18.0 Å². The molecule has 2 rings (SSSR count). The van der Waals surface area contributed by atoms with Crippen LogP contribution in [0.1, 0.15) is 25.0 Å². The van der Waals surface area contributed by atoms with Gasteiger partial charge in [-0.1, -0.05) is 18.2 Å². The molecule has 8 heteroatoms. The standard InChI is InChI=1S/C21H25F3N2O3/c1-4-28-18-10-9-17(12-19(18)29-5-2)25-20(27)14-26(3)13-15-7-6-8-16(11-15)21(22,23)24/h6-12H,4-5,13-14H2,1-3H3,(H,25,27). The van der Waals surface area contributed by atoms with Crippen molar-refractivity contribution in [2.24, 2.45) is 0 Å². The number of carbonyl (C=O) groups is 1. The Morgan fingerprint density at radius 3 is 2.38 bits per heavy atom.